The second kappa shape index (κ2) is 6.26. The predicted octanol–water partition coefficient (Wildman–Crippen LogP) is 2.01. The molecule has 0 radical (unpaired) electrons. The largest absolute Gasteiger partial charge is 0.507 e. The number of aromatic hydroxyl groups is 1. The molecule has 0 aromatic heterocycles. The number of carbonyl (C=O) groups is 2. The molecule has 1 aliphatic rings. The van der Waals surface area contributed by atoms with Gasteiger partial charge in [-0.05, 0) is 19.1 Å². The fraction of sp³-hybridized carbons (Fsp3) is 0.294. The third kappa shape index (κ3) is 2.73. The number of ether oxygens (including phenoxy) is 2. The van der Waals surface area contributed by atoms with Gasteiger partial charge < -0.3 is 19.7 Å². The van der Waals surface area contributed by atoms with Crippen molar-refractivity contribution in [2.24, 2.45) is 0 Å². The number of hydrogen-bond acceptors (Lipinski definition) is 6. The van der Waals surface area contributed by atoms with Gasteiger partial charge in [0.1, 0.15) is 11.5 Å². The Morgan fingerprint density at radius 2 is 1.83 bits per heavy atom. The molecule has 1 aromatic carbocycles. The summed E-state index contributed by atoms with van der Waals surface area (Å²) in [5.74, 6) is -1.46. The molecular formula is C17H18O6. The summed E-state index contributed by atoms with van der Waals surface area (Å²) < 4.78 is 10.2. The molecule has 0 bridgehead atoms. The van der Waals surface area contributed by atoms with Crippen molar-refractivity contribution in [2.45, 2.75) is 19.4 Å². The minimum Gasteiger partial charge on any atom is -0.507 e. The zero-order valence-electron chi connectivity index (χ0n) is 13.2. The van der Waals surface area contributed by atoms with Gasteiger partial charge in [0.25, 0.3) is 0 Å². The molecule has 1 aromatic rings. The van der Waals surface area contributed by atoms with Crippen LogP contribution in [0.5, 0.6) is 11.5 Å². The lowest BCUT2D eigenvalue weighted by Gasteiger charge is -2.23. The number of rotatable bonds is 5. The van der Waals surface area contributed by atoms with E-state index in [4.69, 9.17) is 9.47 Å². The number of Topliss-reactive ketones (excluding diaryl/α,β-unsaturated/α-hetero) is 2. The topological polar surface area (TPSA) is 93.1 Å². The number of benzene rings is 1. The minimum absolute atomic E-state index is 0.00375. The molecule has 1 unspecified atom stereocenters. The molecule has 122 valence electrons. The molecule has 1 aliphatic carbocycles. The van der Waals surface area contributed by atoms with Crippen molar-refractivity contribution in [3.63, 3.8) is 0 Å². The summed E-state index contributed by atoms with van der Waals surface area (Å²) in [6.45, 7) is 5.24. The van der Waals surface area contributed by atoms with Crippen LogP contribution in [0.1, 0.15) is 34.1 Å². The number of allylic oxidation sites excluding steroid dienone is 1. The van der Waals surface area contributed by atoms with Gasteiger partial charge >= 0.3 is 0 Å². The highest BCUT2D eigenvalue weighted by molar-refractivity contribution is 6.28. The zero-order valence-corrected chi connectivity index (χ0v) is 13.2. The molecule has 0 saturated carbocycles. The number of phenols is 1. The Morgan fingerprint density at radius 3 is 2.35 bits per heavy atom. The van der Waals surface area contributed by atoms with Gasteiger partial charge in [-0.25, -0.2) is 0 Å². The highest BCUT2D eigenvalue weighted by Crippen LogP contribution is 2.39. The maximum Gasteiger partial charge on any atom is 0.232 e. The van der Waals surface area contributed by atoms with Gasteiger partial charge in [0.15, 0.2) is 11.5 Å². The quantitative estimate of drug-likeness (QED) is 0.807. The average Bonchev–Trinajstić information content (AvgIpc) is 2.52. The molecule has 2 rings (SSSR count). The van der Waals surface area contributed by atoms with Crippen LogP contribution in [0.4, 0.5) is 0 Å². The number of carbonyl (C=O) groups excluding carboxylic acids is 2. The number of aliphatic hydroxyl groups is 1. The van der Waals surface area contributed by atoms with Gasteiger partial charge in [0, 0.05) is 12.0 Å². The Bertz CT molecular complexity index is 729. The molecule has 2 N–H and O–H groups in total. The first kappa shape index (κ1) is 16.8. The van der Waals surface area contributed by atoms with Gasteiger partial charge in [-0.3, -0.25) is 9.59 Å². The normalized spacial score (nSPS) is 15.3. The van der Waals surface area contributed by atoms with E-state index in [-0.39, 0.29) is 40.4 Å². The number of ketones is 2. The standard InChI is InChI=1S/C17H18O6/c1-8(2)11(19)7-9-15(20)13-10(18)5-6-12(22-3)14(13)16(21)17(9)23-4/h5-6,11,18-19H,1,7H2,2-4H3. The molecule has 23 heavy (non-hydrogen) atoms. The van der Waals surface area contributed by atoms with Crippen LogP contribution in [0.3, 0.4) is 0 Å². The van der Waals surface area contributed by atoms with Gasteiger partial charge in [0.05, 0.1) is 31.5 Å². The Morgan fingerprint density at radius 1 is 1.17 bits per heavy atom. The van der Waals surface area contributed by atoms with Crippen molar-refractivity contribution >= 4 is 11.6 Å². The van der Waals surface area contributed by atoms with E-state index < -0.39 is 17.7 Å². The molecule has 1 atom stereocenters. The lowest BCUT2D eigenvalue weighted by molar-refractivity contribution is 0.0889. The Kier molecular flexibility index (Phi) is 4.56. The summed E-state index contributed by atoms with van der Waals surface area (Å²) in [4.78, 5) is 25.4. The maximum absolute atomic E-state index is 12.7. The van der Waals surface area contributed by atoms with Crippen LogP contribution >= 0.6 is 0 Å². The van der Waals surface area contributed by atoms with Crippen molar-refractivity contribution in [2.75, 3.05) is 14.2 Å². The van der Waals surface area contributed by atoms with E-state index in [2.05, 4.69) is 6.58 Å². The molecule has 0 spiro atoms. The highest BCUT2D eigenvalue weighted by atomic mass is 16.5. The van der Waals surface area contributed by atoms with Crippen molar-refractivity contribution in [1.82, 2.24) is 0 Å². The summed E-state index contributed by atoms with van der Waals surface area (Å²) in [7, 11) is 2.63. The van der Waals surface area contributed by atoms with Crippen molar-refractivity contribution in [3.05, 3.63) is 46.7 Å². The first-order valence-electron chi connectivity index (χ1n) is 6.93. The third-order valence-corrected chi connectivity index (χ3v) is 3.74. The first-order chi connectivity index (χ1) is 10.8. The second-order valence-electron chi connectivity index (χ2n) is 5.27. The summed E-state index contributed by atoms with van der Waals surface area (Å²) in [5.41, 5.74) is 0.278. The van der Waals surface area contributed by atoms with E-state index in [1.807, 2.05) is 0 Å². The molecule has 0 saturated heterocycles. The minimum atomic E-state index is -0.999. The molecule has 0 fully saturated rings. The van der Waals surface area contributed by atoms with Crippen LogP contribution in [0.25, 0.3) is 0 Å². The highest BCUT2D eigenvalue weighted by Gasteiger charge is 2.38. The number of aliphatic hydroxyl groups excluding tert-OH is 1. The number of hydrogen-bond donors (Lipinski definition) is 2. The molecule has 0 heterocycles. The van der Waals surface area contributed by atoms with Gasteiger partial charge in [0.2, 0.25) is 5.78 Å². The second-order valence-corrected chi connectivity index (χ2v) is 5.27. The van der Waals surface area contributed by atoms with Crippen LogP contribution in [0.15, 0.2) is 35.6 Å². The summed E-state index contributed by atoms with van der Waals surface area (Å²) in [6.07, 6.45) is -1.12. The molecule has 0 aliphatic heterocycles. The molecule has 6 heteroatoms. The molecular weight excluding hydrogens is 300 g/mol. The predicted molar refractivity (Wildman–Crippen MR) is 82.8 cm³/mol. The Labute approximate surface area is 133 Å². The fourth-order valence-electron chi connectivity index (χ4n) is 2.47. The van der Waals surface area contributed by atoms with Gasteiger partial charge in [-0.15, -0.1) is 0 Å². The summed E-state index contributed by atoms with van der Waals surface area (Å²) in [5, 5.41) is 20.0. The van der Waals surface area contributed by atoms with Crippen LogP contribution in [-0.4, -0.2) is 42.1 Å². The van der Waals surface area contributed by atoms with Crippen molar-refractivity contribution < 1.29 is 29.3 Å². The van der Waals surface area contributed by atoms with Crippen LogP contribution in [0.2, 0.25) is 0 Å². The van der Waals surface area contributed by atoms with Crippen LogP contribution in [-0.2, 0) is 4.74 Å². The maximum atomic E-state index is 12.7. The Hall–Kier alpha value is -2.60. The van der Waals surface area contributed by atoms with Gasteiger partial charge in [-0.2, -0.15) is 0 Å². The third-order valence-electron chi connectivity index (χ3n) is 3.74. The van der Waals surface area contributed by atoms with Crippen LogP contribution < -0.4 is 4.74 Å². The smallest absolute Gasteiger partial charge is 0.232 e. The SMILES string of the molecule is C=C(C)C(O)CC1=C(OC)C(=O)c2c(OC)ccc(O)c2C1=O. The number of methoxy groups -OCH3 is 2. The number of fused-ring (bicyclic) bond motifs is 1. The zero-order chi connectivity index (χ0) is 17.3. The Balaban J connectivity index is 2.66. The van der Waals surface area contributed by atoms with Gasteiger partial charge in [-0.1, -0.05) is 12.2 Å². The fourth-order valence-corrected chi connectivity index (χ4v) is 2.47. The van der Waals surface area contributed by atoms with E-state index in [9.17, 15) is 19.8 Å². The average molecular weight is 318 g/mol. The lowest BCUT2D eigenvalue weighted by atomic mass is 9.84. The lowest BCUT2D eigenvalue weighted by Crippen LogP contribution is -2.26. The molecule has 6 nitrogen and oxygen atoms in total. The summed E-state index contributed by atoms with van der Waals surface area (Å²) in [6, 6.07) is 2.69. The van der Waals surface area contributed by atoms with E-state index in [1.165, 1.54) is 26.4 Å². The van der Waals surface area contributed by atoms with Crippen LogP contribution in [0, 0.1) is 0 Å². The van der Waals surface area contributed by atoms with E-state index in [1.54, 1.807) is 6.92 Å². The van der Waals surface area contributed by atoms with E-state index in [0.717, 1.165) is 0 Å². The van der Waals surface area contributed by atoms with Crippen molar-refractivity contribution in [3.8, 4) is 11.5 Å². The first-order valence-corrected chi connectivity index (χ1v) is 6.93. The summed E-state index contributed by atoms with van der Waals surface area (Å²) >= 11 is 0. The van der Waals surface area contributed by atoms with E-state index in [0.29, 0.717) is 5.57 Å². The monoisotopic (exact) mass is 318 g/mol. The number of phenolic OH excluding ortho intramolecular Hbond substituents is 1. The van der Waals surface area contributed by atoms with E-state index >= 15 is 0 Å². The van der Waals surface area contributed by atoms with Crippen molar-refractivity contribution in [1.29, 1.82) is 0 Å². The molecule has 0 amide bonds.